The van der Waals surface area contributed by atoms with Crippen molar-refractivity contribution in [2.24, 2.45) is 0 Å². The number of hydrogen-bond acceptors (Lipinski definition) is 5. The SMILES string of the molecule is CC[C@@H](C)NC(=O)[C@H](Cc1ccccc1)N(Cc1cccc(OC)c1)C(=O)CN(c1ccc(I)cc1)S(C)(=O)=O. The Hall–Kier alpha value is -3.12. The number of amides is 2. The van der Waals surface area contributed by atoms with Gasteiger partial charge < -0.3 is 15.0 Å². The number of hydrogen-bond donors (Lipinski definition) is 1. The zero-order valence-corrected chi connectivity index (χ0v) is 26.2. The van der Waals surface area contributed by atoms with E-state index in [2.05, 4.69) is 27.9 Å². The van der Waals surface area contributed by atoms with Crippen molar-refractivity contribution >= 4 is 50.1 Å². The molecular formula is C30H36IN3O5S. The van der Waals surface area contributed by atoms with Crippen LogP contribution in [0.1, 0.15) is 31.4 Å². The lowest BCUT2D eigenvalue weighted by Crippen LogP contribution is -2.54. The van der Waals surface area contributed by atoms with E-state index in [1.54, 1.807) is 43.5 Å². The lowest BCUT2D eigenvalue weighted by molar-refractivity contribution is -0.140. The second kappa shape index (κ2) is 14.5. The largest absolute Gasteiger partial charge is 0.497 e. The fourth-order valence-corrected chi connectivity index (χ4v) is 5.39. The Kier molecular flexibility index (Phi) is 11.4. The molecule has 2 atom stereocenters. The van der Waals surface area contributed by atoms with E-state index in [-0.39, 0.29) is 24.9 Å². The molecule has 3 aromatic carbocycles. The summed E-state index contributed by atoms with van der Waals surface area (Å²) in [4.78, 5) is 29.3. The average molecular weight is 678 g/mol. The van der Waals surface area contributed by atoms with Crippen LogP contribution in [-0.4, -0.2) is 57.1 Å². The van der Waals surface area contributed by atoms with Gasteiger partial charge in [0.15, 0.2) is 0 Å². The highest BCUT2D eigenvalue weighted by Gasteiger charge is 2.33. The van der Waals surface area contributed by atoms with Crippen molar-refractivity contribution in [3.63, 3.8) is 0 Å². The summed E-state index contributed by atoms with van der Waals surface area (Å²) in [6, 6.07) is 22.7. The van der Waals surface area contributed by atoms with Gasteiger partial charge in [-0.15, -0.1) is 0 Å². The van der Waals surface area contributed by atoms with Crippen molar-refractivity contribution < 1.29 is 22.7 Å². The number of halogens is 1. The summed E-state index contributed by atoms with van der Waals surface area (Å²) >= 11 is 2.14. The van der Waals surface area contributed by atoms with Crippen molar-refractivity contribution in [3.05, 3.63) is 93.6 Å². The molecule has 214 valence electrons. The number of anilines is 1. The lowest BCUT2D eigenvalue weighted by Gasteiger charge is -2.34. The molecule has 8 nitrogen and oxygen atoms in total. The Balaban J connectivity index is 2.06. The molecule has 0 aliphatic rings. The van der Waals surface area contributed by atoms with Crippen molar-refractivity contribution in [2.45, 2.75) is 45.3 Å². The van der Waals surface area contributed by atoms with Gasteiger partial charge in [0.2, 0.25) is 21.8 Å². The summed E-state index contributed by atoms with van der Waals surface area (Å²) in [5, 5.41) is 3.02. The molecule has 10 heteroatoms. The van der Waals surface area contributed by atoms with Gasteiger partial charge >= 0.3 is 0 Å². The Labute approximate surface area is 250 Å². The van der Waals surface area contributed by atoms with Crippen LogP contribution in [0, 0.1) is 3.57 Å². The van der Waals surface area contributed by atoms with Crippen molar-refractivity contribution in [1.29, 1.82) is 0 Å². The highest BCUT2D eigenvalue weighted by Crippen LogP contribution is 2.22. The molecule has 0 bridgehead atoms. The van der Waals surface area contributed by atoms with E-state index in [9.17, 15) is 18.0 Å². The topological polar surface area (TPSA) is 96.0 Å². The van der Waals surface area contributed by atoms with Crippen LogP contribution in [-0.2, 0) is 32.6 Å². The maximum atomic E-state index is 14.1. The molecule has 0 fully saturated rings. The molecule has 1 N–H and O–H groups in total. The van der Waals surface area contributed by atoms with Crippen LogP contribution >= 0.6 is 22.6 Å². The van der Waals surface area contributed by atoms with Crippen molar-refractivity contribution in [1.82, 2.24) is 10.2 Å². The van der Waals surface area contributed by atoms with E-state index < -0.39 is 28.5 Å². The predicted octanol–water partition coefficient (Wildman–Crippen LogP) is 4.62. The van der Waals surface area contributed by atoms with E-state index in [4.69, 9.17) is 4.74 Å². The number of rotatable bonds is 13. The van der Waals surface area contributed by atoms with Gasteiger partial charge in [-0.3, -0.25) is 13.9 Å². The fraction of sp³-hybridized carbons (Fsp3) is 0.333. The van der Waals surface area contributed by atoms with E-state index in [0.29, 0.717) is 11.4 Å². The van der Waals surface area contributed by atoms with Crippen molar-refractivity contribution in [3.8, 4) is 5.75 Å². The summed E-state index contributed by atoms with van der Waals surface area (Å²) in [6.45, 7) is 3.52. The minimum Gasteiger partial charge on any atom is -0.497 e. The standard InChI is InChI=1S/C30H36IN3O5S/c1-5-22(2)32-30(36)28(19-23-10-7-6-8-11-23)33(20-24-12-9-13-27(18-24)39-3)29(35)21-34(40(4,37)38)26-16-14-25(31)15-17-26/h6-18,22,28H,5,19-21H2,1-4H3,(H,32,36)/t22-,28+/m1/s1. The normalized spacial score (nSPS) is 12.7. The van der Waals surface area contributed by atoms with Crippen molar-refractivity contribution in [2.75, 3.05) is 24.2 Å². The van der Waals surface area contributed by atoms with Crippen LogP contribution in [0.25, 0.3) is 0 Å². The molecular weight excluding hydrogens is 641 g/mol. The molecule has 0 aliphatic carbocycles. The van der Waals surface area contributed by atoms with Crippen LogP contribution in [0.2, 0.25) is 0 Å². The first-order chi connectivity index (χ1) is 19.0. The highest BCUT2D eigenvalue weighted by atomic mass is 127. The van der Waals surface area contributed by atoms with Gasteiger partial charge in [0.25, 0.3) is 0 Å². The van der Waals surface area contributed by atoms with Crippen LogP contribution in [0.15, 0.2) is 78.9 Å². The summed E-state index contributed by atoms with van der Waals surface area (Å²) in [5.74, 6) is -0.174. The Morgan fingerprint density at radius 2 is 1.62 bits per heavy atom. The molecule has 0 spiro atoms. The van der Waals surface area contributed by atoms with Gasteiger partial charge in [-0.1, -0.05) is 49.4 Å². The number of ether oxygens (including phenoxy) is 1. The minimum absolute atomic E-state index is 0.0890. The van der Waals surface area contributed by atoms with Crippen LogP contribution in [0.5, 0.6) is 5.75 Å². The number of sulfonamides is 1. The van der Waals surface area contributed by atoms with E-state index >= 15 is 0 Å². The molecule has 3 aromatic rings. The first kappa shape index (κ1) is 31.4. The van der Waals surface area contributed by atoms with Gasteiger partial charge in [0.05, 0.1) is 19.1 Å². The molecule has 3 rings (SSSR count). The number of methoxy groups -OCH3 is 1. The summed E-state index contributed by atoms with van der Waals surface area (Å²) < 4.78 is 33.1. The minimum atomic E-state index is -3.81. The fourth-order valence-electron chi connectivity index (χ4n) is 4.18. The molecule has 0 aromatic heterocycles. The quantitative estimate of drug-likeness (QED) is 0.267. The molecule has 0 heterocycles. The maximum Gasteiger partial charge on any atom is 0.244 e. The molecule has 0 saturated carbocycles. The smallest absolute Gasteiger partial charge is 0.244 e. The third-order valence-electron chi connectivity index (χ3n) is 6.55. The third-order valence-corrected chi connectivity index (χ3v) is 8.41. The Bertz CT molecular complexity index is 1380. The lowest BCUT2D eigenvalue weighted by atomic mass is 10.0. The average Bonchev–Trinajstić information content (AvgIpc) is 2.94. The summed E-state index contributed by atoms with van der Waals surface area (Å²) in [7, 11) is -2.25. The molecule has 0 aliphatic heterocycles. The van der Waals surface area contributed by atoms with Crippen LogP contribution < -0.4 is 14.4 Å². The number of nitrogens with zero attached hydrogens (tertiary/aromatic N) is 2. The van der Waals surface area contributed by atoms with Crippen LogP contribution in [0.4, 0.5) is 5.69 Å². The number of carbonyl (C=O) groups is 2. The molecule has 0 radical (unpaired) electrons. The van der Waals surface area contributed by atoms with Gasteiger partial charge in [-0.25, -0.2) is 8.42 Å². The second-order valence-electron chi connectivity index (χ2n) is 9.64. The third kappa shape index (κ3) is 8.95. The number of benzene rings is 3. The van der Waals surface area contributed by atoms with Gasteiger partial charge in [0.1, 0.15) is 18.3 Å². The Morgan fingerprint density at radius 3 is 2.23 bits per heavy atom. The number of nitrogens with one attached hydrogen (secondary N) is 1. The first-order valence-electron chi connectivity index (χ1n) is 13.0. The second-order valence-corrected chi connectivity index (χ2v) is 12.8. The van der Waals surface area contributed by atoms with E-state index in [0.717, 1.165) is 31.7 Å². The number of carbonyl (C=O) groups excluding carboxylic acids is 2. The van der Waals surface area contributed by atoms with Gasteiger partial charge in [-0.2, -0.15) is 0 Å². The Morgan fingerprint density at radius 1 is 0.975 bits per heavy atom. The first-order valence-corrected chi connectivity index (χ1v) is 15.9. The predicted molar refractivity (Wildman–Crippen MR) is 167 cm³/mol. The zero-order chi connectivity index (χ0) is 29.3. The van der Waals surface area contributed by atoms with Gasteiger partial charge in [-0.05, 0) is 83.5 Å². The molecule has 0 unspecified atom stereocenters. The molecule has 2 amide bonds. The zero-order valence-electron chi connectivity index (χ0n) is 23.2. The monoisotopic (exact) mass is 677 g/mol. The van der Waals surface area contributed by atoms with Gasteiger partial charge in [0, 0.05) is 22.6 Å². The molecule has 0 saturated heterocycles. The van der Waals surface area contributed by atoms with E-state index in [1.807, 2.05) is 56.3 Å². The molecule has 40 heavy (non-hydrogen) atoms. The summed E-state index contributed by atoms with van der Waals surface area (Å²) in [5.41, 5.74) is 2.01. The maximum absolute atomic E-state index is 14.1. The van der Waals surface area contributed by atoms with Crippen LogP contribution in [0.3, 0.4) is 0 Å². The highest BCUT2D eigenvalue weighted by molar-refractivity contribution is 14.1. The summed E-state index contributed by atoms with van der Waals surface area (Å²) in [6.07, 6.45) is 2.06. The van der Waals surface area contributed by atoms with E-state index in [1.165, 1.54) is 4.90 Å².